The third-order valence-corrected chi connectivity index (χ3v) is 3.44. The van der Waals surface area contributed by atoms with Crippen LogP contribution in [0.25, 0.3) is 0 Å². The molecule has 0 aromatic rings. The van der Waals surface area contributed by atoms with Crippen LogP contribution in [0.1, 0.15) is 46.0 Å². The maximum absolute atomic E-state index is 12.0. The summed E-state index contributed by atoms with van der Waals surface area (Å²) in [6.45, 7) is 5.42. The van der Waals surface area contributed by atoms with Gasteiger partial charge in [0.25, 0.3) is 0 Å². The number of ether oxygens (including phenoxy) is 1. The lowest BCUT2D eigenvalue weighted by Crippen LogP contribution is -2.42. The number of carbonyl (C=O) groups is 2. The molecule has 0 aromatic carbocycles. The van der Waals surface area contributed by atoms with Gasteiger partial charge in [-0.2, -0.15) is 0 Å². The van der Waals surface area contributed by atoms with E-state index in [1.165, 1.54) is 0 Å². The molecule has 0 saturated carbocycles. The molecule has 0 radical (unpaired) electrons. The first kappa shape index (κ1) is 16.0. The zero-order chi connectivity index (χ0) is 14.3. The van der Waals surface area contributed by atoms with Crippen molar-refractivity contribution in [2.24, 2.45) is 11.7 Å². The van der Waals surface area contributed by atoms with E-state index in [9.17, 15) is 9.59 Å². The van der Waals surface area contributed by atoms with Gasteiger partial charge in [0.05, 0.1) is 12.5 Å². The lowest BCUT2D eigenvalue weighted by molar-refractivity contribution is -0.151. The molecule has 1 aliphatic rings. The predicted molar refractivity (Wildman–Crippen MR) is 73.4 cm³/mol. The first-order chi connectivity index (χ1) is 9.04. The lowest BCUT2D eigenvalue weighted by Gasteiger charge is -2.31. The fourth-order valence-electron chi connectivity index (χ4n) is 2.39. The van der Waals surface area contributed by atoms with Crippen LogP contribution in [0.2, 0.25) is 0 Å². The van der Waals surface area contributed by atoms with Crippen molar-refractivity contribution in [2.45, 2.75) is 52.0 Å². The minimum absolute atomic E-state index is 0.134. The van der Waals surface area contributed by atoms with Gasteiger partial charge in [-0.05, 0) is 39.5 Å². The number of likely N-dealkylation sites (tertiary alicyclic amines) is 1. The normalized spacial score (nSPS) is 21.0. The fourth-order valence-corrected chi connectivity index (χ4v) is 2.39. The number of hydrogen-bond donors (Lipinski definition) is 1. The Bertz CT molecular complexity index is 305. The van der Waals surface area contributed by atoms with E-state index in [1.54, 1.807) is 11.8 Å². The van der Waals surface area contributed by atoms with Crippen molar-refractivity contribution >= 4 is 11.9 Å². The van der Waals surface area contributed by atoms with Crippen LogP contribution in [0, 0.1) is 5.92 Å². The molecular weight excluding hydrogens is 244 g/mol. The van der Waals surface area contributed by atoms with Crippen LogP contribution in [0.5, 0.6) is 0 Å². The molecule has 5 heteroatoms. The molecule has 2 unspecified atom stereocenters. The number of rotatable bonds is 6. The summed E-state index contributed by atoms with van der Waals surface area (Å²) in [5, 5.41) is 0. The number of nitrogens with zero attached hydrogens (tertiary/aromatic N) is 1. The highest BCUT2D eigenvalue weighted by Crippen LogP contribution is 2.19. The van der Waals surface area contributed by atoms with Crippen LogP contribution in [0.3, 0.4) is 0 Å². The topological polar surface area (TPSA) is 72.6 Å². The predicted octanol–water partition coefficient (Wildman–Crippen LogP) is 1.31. The first-order valence-corrected chi connectivity index (χ1v) is 7.24. The zero-order valence-corrected chi connectivity index (χ0v) is 12.1. The molecule has 19 heavy (non-hydrogen) atoms. The summed E-state index contributed by atoms with van der Waals surface area (Å²) in [5.74, 6) is -0.184. The summed E-state index contributed by atoms with van der Waals surface area (Å²) in [6.07, 6.45) is 3.90. The molecule has 0 spiro atoms. The Morgan fingerprint density at radius 1 is 1.47 bits per heavy atom. The van der Waals surface area contributed by atoms with Gasteiger partial charge in [-0.1, -0.05) is 0 Å². The Balaban J connectivity index is 2.37. The number of hydrogen-bond acceptors (Lipinski definition) is 4. The smallest absolute Gasteiger partial charge is 0.310 e. The van der Waals surface area contributed by atoms with Gasteiger partial charge >= 0.3 is 5.97 Å². The van der Waals surface area contributed by atoms with Crippen molar-refractivity contribution in [1.29, 1.82) is 0 Å². The SMILES string of the molecule is CCOC(=O)C1CCCN(C(=O)CCCC(C)N)C1. The monoisotopic (exact) mass is 270 g/mol. The van der Waals surface area contributed by atoms with Crippen molar-refractivity contribution in [3.05, 3.63) is 0 Å². The van der Waals surface area contributed by atoms with Gasteiger partial charge < -0.3 is 15.4 Å². The van der Waals surface area contributed by atoms with E-state index in [2.05, 4.69) is 0 Å². The number of carbonyl (C=O) groups excluding carboxylic acids is 2. The van der Waals surface area contributed by atoms with Gasteiger partial charge in [0.15, 0.2) is 0 Å². The second kappa shape index (κ2) is 8.15. The van der Waals surface area contributed by atoms with E-state index in [1.807, 2.05) is 6.92 Å². The maximum Gasteiger partial charge on any atom is 0.310 e. The van der Waals surface area contributed by atoms with Gasteiger partial charge in [-0.3, -0.25) is 9.59 Å². The third kappa shape index (κ3) is 5.59. The fraction of sp³-hybridized carbons (Fsp3) is 0.857. The molecule has 1 fully saturated rings. The van der Waals surface area contributed by atoms with Gasteiger partial charge in [-0.25, -0.2) is 0 Å². The van der Waals surface area contributed by atoms with Crippen LogP contribution in [0.4, 0.5) is 0 Å². The summed E-state index contributed by atoms with van der Waals surface area (Å²) >= 11 is 0. The number of piperidine rings is 1. The van der Waals surface area contributed by atoms with Crippen LogP contribution in [-0.2, 0) is 14.3 Å². The molecule has 5 nitrogen and oxygen atoms in total. The standard InChI is InChI=1S/C14H26N2O3/c1-3-19-14(18)12-7-5-9-16(10-12)13(17)8-4-6-11(2)15/h11-12H,3-10,15H2,1-2H3. The summed E-state index contributed by atoms with van der Waals surface area (Å²) in [4.78, 5) is 25.5. The molecule has 1 rings (SSSR count). The largest absolute Gasteiger partial charge is 0.466 e. The van der Waals surface area contributed by atoms with Crippen molar-refractivity contribution in [1.82, 2.24) is 4.90 Å². The minimum atomic E-state index is -0.171. The van der Waals surface area contributed by atoms with E-state index < -0.39 is 0 Å². The van der Waals surface area contributed by atoms with Gasteiger partial charge in [0, 0.05) is 25.6 Å². The highest BCUT2D eigenvalue weighted by atomic mass is 16.5. The molecule has 110 valence electrons. The Labute approximate surface area is 115 Å². The Kier molecular flexibility index (Phi) is 6.84. The number of esters is 1. The molecule has 1 saturated heterocycles. The summed E-state index contributed by atoms with van der Waals surface area (Å²) in [5.41, 5.74) is 5.67. The lowest BCUT2D eigenvalue weighted by atomic mass is 9.97. The van der Waals surface area contributed by atoms with Crippen molar-refractivity contribution in [2.75, 3.05) is 19.7 Å². The van der Waals surface area contributed by atoms with Crippen molar-refractivity contribution in [3.8, 4) is 0 Å². The molecule has 0 aliphatic carbocycles. The Morgan fingerprint density at radius 2 is 2.21 bits per heavy atom. The number of amides is 1. The highest BCUT2D eigenvalue weighted by molar-refractivity contribution is 5.78. The van der Waals surface area contributed by atoms with Gasteiger partial charge in [0.1, 0.15) is 0 Å². The Morgan fingerprint density at radius 3 is 2.84 bits per heavy atom. The van der Waals surface area contributed by atoms with E-state index in [0.29, 0.717) is 19.6 Å². The number of nitrogens with two attached hydrogens (primary N) is 1. The average Bonchev–Trinajstić information content (AvgIpc) is 2.38. The van der Waals surface area contributed by atoms with E-state index in [4.69, 9.17) is 10.5 Å². The average molecular weight is 270 g/mol. The molecular formula is C14H26N2O3. The first-order valence-electron chi connectivity index (χ1n) is 7.24. The molecule has 1 amide bonds. The molecule has 2 atom stereocenters. The maximum atomic E-state index is 12.0. The van der Waals surface area contributed by atoms with Crippen molar-refractivity contribution in [3.63, 3.8) is 0 Å². The quantitative estimate of drug-likeness (QED) is 0.738. The molecule has 1 heterocycles. The third-order valence-electron chi connectivity index (χ3n) is 3.44. The van der Waals surface area contributed by atoms with Crippen LogP contribution in [-0.4, -0.2) is 42.5 Å². The van der Waals surface area contributed by atoms with Crippen molar-refractivity contribution < 1.29 is 14.3 Å². The summed E-state index contributed by atoms with van der Waals surface area (Å²) in [7, 11) is 0. The minimum Gasteiger partial charge on any atom is -0.466 e. The van der Waals surface area contributed by atoms with E-state index in [-0.39, 0.29) is 23.8 Å². The summed E-state index contributed by atoms with van der Waals surface area (Å²) < 4.78 is 5.03. The van der Waals surface area contributed by atoms with Crippen LogP contribution >= 0.6 is 0 Å². The second-order valence-electron chi connectivity index (χ2n) is 5.30. The van der Waals surface area contributed by atoms with Gasteiger partial charge in [0.2, 0.25) is 5.91 Å². The molecule has 2 N–H and O–H groups in total. The van der Waals surface area contributed by atoms with Crippen LogP contribution in [0.15, 0.2) is 0 Å². The highest BCUT2D eigenvalue weighted by Gasteiger charge is 2.28. The molecule has 0 bridgehead atoms. The zero-order valence-electron chi connectivity index (χ0n) is 12.1. The van der Waals surface area contributed by atoms with Crippen LogP contribution < -0.4 is 5.73 Å². The molecule has 1 aliphatic heterocycles. The second-order valence-corrected chi connectivity index (χ2v) is 5.30. The Hall–Kier alpha value is -1.10. The summed E-state index contributed by atoms with van der Waals surface area (Å²) in [6, 6.07) is 0.140. The van der Waals surface area contributed by atoms with E-state index >= 15 is 0 Å². The van der Waals surface area contributed by atoms with Gasteiger partial charge in [-0.15, -0.1) is 0 Å². The molecule has 0 aromatic heterocycles. The van der Waals surface area contributed by atoms with E-state index in [0.717, 1.165) is 32.2 Å².